The van der Waals surface area contributed by atoms with Gasteiger partial charge in [-0.2, -0.15) is 0 Å². The molecule has 3 rings (SSSR count). The van der Waals surface area contributed by atoms with E-state index >= 15 is 0 Å². The second-order valence-electron chi connectivity index (χ2n) is 4.81. The maximum absolute atomic E-state index is 12.2. The smallest absolute Gasteiger partial charge is 0.260 e. The molecule has 0 bridgehead atoms. The molecule has 0 fully saturated rings. The Morgan fingerprint density at radius 3 is 3.20 bits per heavy atom. The fraction of sp³-hybridized carbons (Fsp3) is 0.286. The SMILES string of the molecule is Cc1cccc(C(=O)Nc2cnc3n2CCNC3)c1O. The molecule has 1 aliphatic heterocycles. The van der Waals surface area contributed by atoms with E-state index in [2.05, 4.69) is 15.6 Å². The van der Waals surface area contributed by atoms with Gasteiger partial charge in [-0.1, -0.05) is 12.1 Å². The molecule has 1 aromatic heterocycles. The van der Waals surface area contributed by atoms with Crippen LogP contribution in [-0.4, -0.2) is 27.1 Å². The van der Waals surface area contributed by atoms with Crippen LogP contribution in [0.3, 0.4) is 0 Å². The minimum atomic E-state index is -0.326. The van der Waals surface area contributed by atoms with Gasteiger partial charge in [0.15, 0.2) is 0 Å². The predicted molar refractivity (Wildman–Crippen MR) is 74.7 cm³/mol. The fourth-order valence-electron chi connectivity index (χ4n) is 2.32. The average Bonchev–Trinajstić information content (AvgIpc) is 2.85. The predicted octanol–water partition coefficient (Wildman–Crippen LogP) is 1.25. The standard InChI is InChI=1S/C14H16N4O2/c1-9-3-2-4-10(13(9)19)14(20)17-12-8-16-11-7-15-5-6-18(11)12/h2-4,8,15,19H,5-7H2,1H3,(H,17,20). The van der Waals surface area contributed by atoms with Crippen LogP contribution >= 0.6 is 0 Å². The first-order chi connectivity index (χ1) is 9.66. The summed E-state index contributed by atoms with van der Waals surface area (Å²) in [5, 5.41) is 16.0. The lowest BCUT2D eigenvalue weighted by molar-refractivity contribution is 0.102. The molecule has 0 unspecified atom stereocenters. The number of aromatic hydroxyl groups is 1. The van der Waals surface area contributed by atoms with Crippen LogP contribution in [0.1, 0.15) is 21.7 Å². The number of aromatic nitrogens is 2. The number of aryl methyl sites for hydroxylation is 1. The summed E-state index contributed by atoms with van der Waals surface area (Å²) >= 11 is 0. The molecule has 20 heavy (non-hydrogen) atoms. The number of rotatable bonds is 2. The molecule has 0 saturated heterocycles. The summed E-state index contributed by atoms with van der Waals surface area (Å²) in [4.78, 5) is 16.5. The van der Waals surface area contributed by atoms with Crippen LogP contribution in [0.2, 0.25) is 0 Å². The number of imidazole rings is 1. The number of benzene rings is 1. The summed E-state index contributed by atoms with van der Waals surface area (Å²) in [5.74, 6) is 1.25. The van der Waals surface area contributed by atoms with E-state index in [1.54, 1.807) is 31.3 Å². The van der Waals surface area contributed by atoms with Gasteiger partial charge in [0.2, 0.25) is 0 Å². The number of para-hydroxylation sites is 1. The molecule has 6 nitrogen and oxygen atoms in total. The van der Waals surface area contributed by atoms with Crippen molar-refractivity contribution in [1.29, 1.82) is 0 Å². The summed E-state index contributed by atoms with van der Waals surface area (Å²) in [6.45, 7) is 4.08. The number of hydrogen-bond acceptors (Lipinski definition) is 4. The highest BCUT2D eigenvalue weighted by Crippen LogP contribution is 2.23. The third-order valence-corrected chi connectivity index (χ3v) is 3.46. The minimum absolute atomic E-state index is 0.0186. The van der Waals surface area contributed by atoms with Crippen molar-refractivity contribution in [2.75, 3.05) is 11.9 Å². The molecule has 3 N–H and O–H groups in total. The molecule has 6 heteroatoms. The molecule has 1 amide bonds. The van der Waals surface area contributed by atoms with E-state index in [1.807, 2.05) is 4.57 Å². The first kappa shape index (κ1) is 12.7. The van der Waals surface area contributed by atoms with E-state index in [-0.39, 0.29) is 17.2 Å². The number of nitrogens with one attached hydrogen (secondary N) is 2. The van der Waals surface area contributed by atoms with Crippen molar-refractivity contribution in [1.82, 2.24) is 14.9 Å². The zero-order chi connectivity index (χ0) is 14.1. The Morgan fingerprint density at radius 2 is 2.35 bits per heavy atom. The monoisotopic (exact) mass is 272 g/mol. The van der Waals surface area contributed by atoms with Gasteiger partial charge in [0.25, 0.3) is 5.91 Å². The Bertz CT molecular complexity index is 663. The Hall–Kier alpha value is -2.34. The molecule has 0 radical (unpaired) electrons. The second-order valence-corrected chi connectivity index (χ2v) is 4.81. The molecular weight excluding hydrogens is 256 g/mol. The van der Waals surface area contributed by atoms with Crippen LogP contribution in [0, 0.1) is 6.92 Å². The molecule has 0 saturated carbocycles. The van der Waals surface area contributed by atoms with Gasteiger partial charge >= 0.3 is 0 Å². The van der Waals surface area contributed by atoms with Crippen LogP contribution in [0.15, 0.2) is 24.4 Å². The molecule has 104 valence electrons. The lowest BCUT2D eigenvalue weighted by Gasteiger charge is -2.17. The normalized spacial score (nSPS) is 13.8. The molecular formula is C14H16N4O2. The van der Waals surface area contributed by atoms with Crippen LogP contribution in [-0.2, 0) is 13.1 Å². The second kappa shape index (κ2) is 4.97. The van der Waals surface area contributed by atoms with Gasteiger partial charge in [0.05, 0.1) is 18.3 Å². The molecule has 0 atom stereocenters. The summed E-state index contributed by atoms with van der Waals surface area (Å²) in [7, 11) is 0. The third-order valence-electron chi connectivity index (χ3n) is 3.46. The van der Waals surface area contributed by atoms with Crippen molar-refractivity contribution >= 4 is 11.7 Å². The molecule has 0 aliphatic carbocycles. The number of anilines is 1. The van der Waals surface area contributed by atoms with Gasteiger partial charge < -0.3 is 20.3 Å². The largest absolute Gasteiger partial charge is 0.507 e. The lowest BCUT2D eigenvalue weighted by atomic mass is 10.1. The van der Waals surface area contributed by atoms with Gasteiger partial charge in [0.1, 0.15) is 17.4 Å². The van der Waals surface area contributed by atoms with Crippen LogP contribution in [0.25, 0.3) is 0 Å². The van der Waals surface area contributed by atoms with Gasteiger partial charge in [-0.15, -0.1) is 0 Å². The summed E-state index contributed by atoms with van der Waals surface area (Å²) in [6.07, 6.45) is 1.65. The average molecular weight is 272 g/mol. The van der Waals surface area contributed by atoms with Crippen molar-refractivity contribution in [3.8, 4) is 5.75 Å². The Kier molecular flexibility index (Phi) is 3.15. The third kappa shape index (κ3) is 2.14. The topological polar surface area (TPSA) is 79.2 Å². The number of nitrogens with zero attached hydrogens (tertiary/aromatic N) is 2. The van der Waals surface area contributed by atoms with Gasteiger partial charge in [-0.05, 0) is 18.6 Å². The first-order valence-corrected chi connectivity index (χ1v) is 6.52. The van der Waals surface area contributed by atoms with Crippen LogP contribution < -0.4 is 10.6 Å². The van der Waals surface area contributed by atoms with E-state index in [9.17, 15) is 9.90 Å². The van der Waals surface area contributed by atoms with Crippen LogP contribution in [0.5, 0.6) is 5.75 Å². The quantitative estimate of drug-likeness (QED) is 0.769. The molecule has 2 heterocycles. The highest BCUT2D eigenvalue weighted by atomic mass is 16.3. The fourth-order valence-corrected chi connectivity index (χ4v) is 2.32. The van der Waals surface area contributed by atoms with E-state index in [0.717, 1.165) is 18.9 Å². The van der Waals surface area contributed by atoms with E-state index in [1.165, 1.54) is 0 Å². The summed E-state index contributed by atoms with van der Waals surface area (Å²) in [5.41, 5.74) is 0.951. The maximum Gasteiger partial charge on any atom is 0.260 e. The molecule has 2 aromatic rings. The van der Waals surface area contributed by atoms with Crippen molar-refractivity contribution in [3.63, 3.8) is 0 Å². The lowest BCUT2D eigenvalue weighted by Crippen LogP contribution is -2.29. The zero-order valence-corrected chi connectivity index (χ0v) is 11.2. The first-order valence-electron chi connectivity index (χ1n) is 6.52. The highest BCUT2D eigenvalue weighted by molar-refractivity contribution is 6.05. The van der Waals surface area contributed by atoms with Crippen molar-refractivity contribution in [2.24, 2.45) is 0 Å². The summed E-state index contributed by atoms with van der Waals surface area (Å²) < 4.78 is 1.97. The highest BCUT2D eigenvalue weighted by Gasteiger charge is 2.18. The van der Waals surface area contributed by atoms with Gasteiger partial charge in [0, 0.05) is 13.1 Å². The number of phenols is 1. The molecule has 1 aliphatic rings. The number of fused-ring (bicyclic) bond motifs is 1. The number of carbonyl (C=O) groups excluding carboxylic acids is 1. The maximum atomic E-state index is 12.2. The van der Waals surface area contributed by atoms with Crippen LogP contribution in [0.4, 0.5) is 5.82 Å². The van der Waals surface area contributed by atoms with E-state index in [4.69, 9.17) is 0 Å². The van der Waals surface area contributed by atoms with E-state index in [0.29, 0.717) is 17.9 Å². The molecule has 0 spiro atoms. The Labute approximate surface area is 116 Å². The van der Waals surface area contributed by atoms with Crippen molar-refractivity contribution in [3.05, 3.63) is 41.3 Å². The zero-order valence-electron chi connectivity index (χ0n) is 11.2. The van der Waals surface area contributed by atoms with Crippen molar-refractivity contribution in [2.45, 2.75) is 20.0 Å². The van der Waals surface area contributed by atoms with E-state index < -0.39 is 0 Å². The minimum Gasteiger partial charge on any atom is -0.507 e. The Morgan fingerprint density at radius 1 is 1.50 bits per heavy atom. The number of phenolic OH excluding ortho intramolecular Hbond substituents is 1. The van der Waals surface area contributed by atoms with Crippen molar-refractivity contribution < 1.29 is 9.90 Å². The Balaban J connectivity index is 1.86. The van der Waals surface area contributed by atoms with Gasteiger partial charge in [-0.25, -0.2) is 4.98 Å². The molecule has 1 aromatic carbocycles. The van der Waals surface area contributed by atoms with Gasteiger partial charge in [-0.3, -0.25) is 4.79 Å². The number of amides is 1. The summed E-state index contributed by atoms with van der Waals surface area (Å²) in [6, 6.07) is 5.12. The number of hydrogen-bond donors (Lipinski definition) is 3. The number of carbonyl (C=O) groups is 1.